The van der Waals surface area contributed by atoms with Gasteiger partial charge in [0.15, 0.2) is 0 Å². The molecule has 0 amide bonds. The Kier molecular flexibility index (Phi) is 9.85. The molecule has 7 aromatic heterocycles. The van der Waals surface area contributed by atoms with Crippen LogP contribution in [0.15, 0.2) is 70.7 Å². The van der Waals surface area contributed by atoms with E-state index in [2.05, 4.69) is 55.4 Å². The number of nitrogens with one attached hydrogen (secondary N) is 1. The van der Waals surface area contributed by atoms with E-state index in [0.29, 0.717) is 18.0 Å². The molecule has 0 aromatic carbocycles. The maximum Gasteiger partial charge on any atom is 0.149 e. The highest BCUT2D eigenvalue weighted by Crippen LogP contribution is 2.45. The monoisotopic (exact) mass is 850 g/mol. The minimum atomic E-state index is -0.404. The summed E-state index contributed by atoms with van der Waals surface area (Å²) in [5.74, 6) is 8.24. The number of hydrazine groups is 1. The summed E-state index contributed by atoms with van der Waals surface area (Å²) in [4.78, 5) is 21.6. The van der Waals surface area contributed by atoms with Gasteiger partial charge in [-0.2, -0.15) is 15.8 Å². The van der Waals surface area contributed by atoms with Gasteiger partial charge < -0.3 is 9.55 Å². The number of fused-ring (bicyclic) bond motifs is 7. The second kappa shape index (κ2) is 16.0. The van der Waals surface area contributed by atoms with Crippen molar-refractivity contribution in [2.24, 2.45) is 33.6 Å². The van der Waals surface area contributed by atoms with Crippen LogP contribution in [0.4, 0.5) is 5.82 Å². The Morgan fingerprint density at radius 3 is 2.19 bits per heavy atom. The van der Waals surface area contributed by atoms with Crippen LogP contribution in [-0.2, 0) is 0 Å². The van der Waals surface area contributed by atoms with E-state index in [-0.39, 0.29) is 23.7 Å². The van der Waals surface area contributed by atoms with E-state index >= 15 is 0 Å². The molecule has 0 saturated heterocycles. The van der Waals surface area contributed by atoms with Crippen molar-refractivity contribution >= 4 is 63.4 Å². The van der Waals surface area contributed by atoms with Gasteiger partial charge in [0.2, 0.25) is 0 Å². The maximum atomic E-state index is 10.7. The number of allylic oxidation sites excluding steroid dienone is 3. The third-order valence-corrected chi connectivity index (χ3v) is 14.5. The smallest absolute Gasteiger partial charge is 0.149 e. The summed E-state index contributed by atoms with van der Waals surface area (Å²) in [6.07, 6.45) is 21.8. The van der Waals surface area contributed by atoms with Crippen LogP contribution in [0, 0.1) is 51.7 Å². The largest absolute Gasteiger partial charge is 0.346 e. The number of aliphatic imine (C=N–C) groups is 2. The first-order valence-electron chi connectivity index (χ1n) is 22.2. The summed E-state index contributed by atoms with van der Waals surface area (Å²) in [5.41, 5.74) is 9.48. The molecule has 0 radical (unpaired) electrons. The standard InChI is InChI=1S/C46H46N18/c1-51-38(41-33-15-19-52-44(33)53-24-62(41)50)30-10-6-28(7-11-30)36(22-48)60-21-17-35-43-40(57-59-64(43)26-55-46(35)60)32-12-8-29(9-13-32)37(23-49)61-20-16-34-42-39(56-58-63(42)25-54-45(34)61)31-4-2-27(3-5-31)14-18-47/h15-17,19-21,24-28,30-32,36,52H,1-14,50H2/b37-29?,41-38-. The summed E-state index contributed by atoms with van der Waals surface area (Å²) < 4.78 is 7.46. The van der Waals surface area contributed by atoms with E-state index in [1.807, 2.05) is 45.9 Å². The Balaban J connectivity index is 0.822. The first-order valence-corrected chi connectivity index (χ1v) is 22.2. The summed E-state index contributed by atoms with van der Waals surface area (Å²) in [7, 11) is 0. The first-order chi connectivity index (χ1) is 31.5. The molecule has 0 spiro atoms. The molecule has 8 heterocycles. The van der Waals surface area contributed by atoms with E-state index in [4.69, 9.17) is 20.9 Å². The van der Waals surface area contributed by atoms with Crippen LogP contribution in [0.5, 0.6) is 0 Å². The van der Waals surface area contributed by atoms with Crippen molar-refractivity contribution < 1.29 is 0 Å². The first kappa shape index (κ1) is 39.4. The molecule has 11 rings (SSSR count). The van der Waals surface area contributed by atoms with Crippen LogP contribution < -0.4 is 5.84 Å². The Morgan fingerprint density at radius 2 is 1.52 bits per heavy atom. The number of hydrogen-bond donors (Lipinski definition) is 2. The molecule has 64 heavy (non-hydrogen) atoms. The minimum Gasteiger partial charge on any atom is -0.346 e. The molecule has 1 atom stereocenters. The molecule has 0 bridgehead atoms. The van der Waals surface area contributed by atoms with Crippen LogP contribution in [0.3, 0.4) is 0 Å². The lowest BCUT2D eigenvalue weighted by Crippen LogP contribution is -2.32. The number of nitrogens with two attached hydrogens (primary N) is 1. The van der Waals surface area contributed by atoms with Crippen LogP contribution in [0.25, 0.3) is 44.5 Å². The molecule has 18 heteroatoms. The van der Waals surface area contributed by atoms with E-state index in [1.165, 1.54) is 5.01 Å². The predicted octanol–water partition coefficient (Wildman–Crippen LogP) is 7.87. The highest BCUT2D eigenvalue weighted by atomic mass is 15.4. The zero-order valence-electron chi connectivity index (χ0n) is 35.3. The van der Waals surface area contributed by atoms with Gasteiger partial charge in [0.25, 0.3) is 0 Å². The molecule has 3 fully saturated rings. The lowest BCUT2D eigenvalue weighted by atomic mass is 9.77. The average Bonchev–Trinajstić information content (AvgIpc) is 4.19. The fraction of sp³-hybridized carbons (Fsp3) is 0.413. The molecular formula is C46H46N18. The van der Waals surface area contributed by atoms with Crippen LogP contribution in [0.2, 0.25) is 0 Å². The number of aromatic nitrogens is 11. The normalized spacial score (nSPS) is 23.8. The van der Waals surface area contributed by atoms with E-state index in [1.54, 1.807) is 28.0 Å². The minimum absolute atomic E-state index is 0.120. The van der Waals surface area contributed by atoms with Gasteiger partial charge in [0.05, 0.1) is 34.9 Å². The Morgan fingerprint density at radius 1 is 0.844 bits per heavy atom. The number of H-pyrrole nitrogens is 1. The van der Waals surface area contributed by atoms with E-state index < -0.39 is 6.04 Å². The summed E-state index contributed by atoms with van der Waals surface area (Å²) >= 11 is 0. The number of rotatable bonds is 8. The van der Waals surface area contributed by atoms with Crippen molar-refractivity contribution in [1.29, 1.82) is 15.8 Å². The SMILES string of the molecule is C=N/C(=C1/c2cc[nH]c2N=CN1N)C1CCC(C(C#N)n2ccc3c2ncn2nnc(C4CCC(=C(C#N)n5ccc6c5ncn5nnc(C7CCC(CC#N)CC7)c65)CC4)c32)CC1. The van der Waals surface area contributed by atoms with Crippen LogP contribution in [0.1, 0.15) is 118 Å². The highest BCUT2D eigenvalue weighted by molar-refractivity contribution is 5.96. The van der Waals surface area contributed by atoms with Crippen molar-refractivity contribution in [2.75, 3.05) is 0 Å². The van der Waals surface area contributed by atoms with Crippen LogP contribution in [-0.4, -0.2) is 71.8 Å². The molecule has 3 saturated carbocycles. The summed E-state index contributed by atoms with van der Waals surface area (Å²) in [6.45, 7) is 3.92. The second-order valence-electron chi connectivity index (χ2n) is 17.8. The van der Waals surface area contributed by atoms with Gasteiger partial charge in [-0.3, -0.25) is 14.6 Å². The molecule has 4 aliphatic rings. The lowest BCUT2D eigenvalue weighted by molar-refractivity contribution is 0.253. The zero-order chi connectivity index (χ0) is 43.5. The third kappa shape index (κ3) is 6.37. The molecule has 1 unspecified atom stereocenters. The molecule has 320 valence electrons. The van der Waals surface area contributed by atoms with Gasteiger partial charge in [0.1, 0.15) is 64.9 Å². The van der Waals surface area contributed by atoms with Gasteiger partial charge in [-0.15, -0.1) is 10.2 Å². The number of aromatic amines is 1. The fourth-order valence-electron chi connectivity index (χ4n) is 11.3. The third-order valence-electron chi connectivity index (χ3n) is 14.5. The van der Waals surface area contributed by atoms with E-state index in [0.717, 1.165) is 150 Å². The Bertz CT molecular complexity index is 3170. The summed E-state index contributed by atoms with van der Waals surface area (Å²) in [6, 6.07) is 13.1. The molecule has 18 nitrogen and oxygen atoms in total. The molecule has 7 aromatic rings. The van der Waals surface area contributed by atoms with Crippen molar-refractivity contribution in [3.63, 3.8) is 0 Å². The van der Waals surface area contributed by atoms with Crippen LogP contribution >= 0.6 is 0 Å². The maximum absolute atomic E-state index is 10.7. The quantitative estimate of drug-likeness (QED) is 0.0847. The topological polar surface area (TPSA) is 237 Å². The molecule has 3 aliphatic carbocycles. The van der Waals surface area contributed by atoms with Crippen molar-refractivity contribution in [1.82, 2.24) is 58.7 Å². The number of nitrogens with zero attached hydrogens (tertiary/aromatic N) is 16. The van der Waals surface area contributed by atoms with Gasteiger partial charge >= 0.3 is 0 Å². The van der Waals surface area contributed by atoms with Crippen molar-refractivity contribution in [3.05, 3.63) is 77.7 Å². The van der Waals surface area contributed by atoms with Gasteiger partial charge in [-0.1, -0.05) is 10.4 Å². The van der Waals surface area contributed by atoms with Gasteiger partial charge in [-0.25, -0.2) is 29.8 Å². The van der Waals surface area contributed by atoms with Crippen molar-refractivity contribution in [3.8, 4) is 18.2 Å². The molecule has 1 aliphatic heterocycles. The molecular weight excluding hydrogens is 805 g/mol. The van der Waals surface area contributed by atoms with E-state index in [9.17, 15) is 15.8 Å². The summed E-state index contributed by atoms with van der Waals surface area (Å²) in [5, 5.41) is 52.1. The number of hydrogen-bond acceptors (Lipinski definition) is 13. The zero-order valence-corrected chi connectivity index (χ0v) is 35.3. The number of nitriles is 3. The van der Waals surface area contributed by atoms with Gasteiger partial charge in [0, 0.05) is 59.1 Å². The second-order valence-corrected chi connectivity index (χ2v) is 17.8. The highest BCUT2D eigenvalue weighted by Gasteiger charge is 2.35. The Hall–Kier alpha value is -7.49. The van der Waals surface area contributed by atoms with Crippen molar-refractivity contribution in [2.45, 2.75) is 101 Å². The predicted molar refractivity (Wildman–Crippen MR) is 239 cm³/mol. The van der Waals surface area contributed by atoms with Gasteiger partial charge in [-0.05, 0) is 119 Å². The average molecular weight is 851 g/mol. The fourth-order valence-corrected chi connectivity index (χ4v) is 11.3. The lowest BCUT2D eigenvalue weighted by Gasteiger charge is -2.33. The Labute approximate surface area is 367 Å². The molecule has 3 N–H and O–H groups in total.